The molecular weight excluding hydrogens is 423 g/mol. The van der Waals surface area contributed by atoms with Gasteiger partial charge in [-0.3, -0.25) is 4.79 Å². The molecule has 0 aliphatic rings. The number of rotatable bonds is 7. The van der Waals surface area contributed by atoms with Crippen LogP contribution < -0.4 is 5.32 Å². The minimum absolute atomic E-state index is 0.0983. The van der Waals surface area contributed by atoms with Gasteiger partial charge in [0, 0.05) is 28.4 Å². The Morgan fingerprint density at radius 2 is 1.70 bits per heavy atom. The number of hydrogen-bond acceptors (Lipinski definition) is 4. The lowest BCUT2D eigenvalue weighted by molar-refractivity contribution is -0.121. The second-order valence-electron chi connectivity index (χ2n) is 6.68. The average molecular weight is 441 g/mol. The lowest BCUT2D eigenvalue weighted by atomic mass is 10.1. The van der Waals surface area contributed by atoms with Crippen molar-refractivity contribution in [3.8, 4) is 23.0 Å². The molecule has 0 spiro atoms. The Bertz CT molecular complexity index is 1130. The summed E-state index contributed by atoms with van der Waals surface area (Å²) in [4.78, 5) is 16.8. The van der Waals surface area contributed by atoms with E-state index in [-0.39, 0.29) is 12.5 Å². The first-order valence-corrected chi connectivity index (χ1v) is 10.1. The molecule has 0 saturated heterocycles. The third-order valence-electron chi connectivity index (χ3n) is 4.54. The molecule has 4 aromatic rings. The van der Waals surface area contributed by atoms with E-state index in [1.165, 1.54) is 0 Å². The van der Waals surface area contributed by atoms with Gasteiger partial charge in [0.1, 0.15) is 12.2 Å². The van der Waals surface area contributed by atoms with Crippen LogP contribution in [0.1, 0.15) is 5.56 Å². The molecule has 2 heterocycles. The van der Waals surface area contributed by atoms with E-state index in [0.717, 1.165) is 17.5 Å². The van der Waals surface area contributed by atoms with Gasteiger partial charge < -0.3 is 14.4 Å². The first-order valence-electron chi connectivity index (χ1n) is 9.35. The van der Waals surface area contributed by atoms with E-state index in [1.807, 2.05) is 48.5 Å². The number of amides is 1. The van der Waals surface area contributed by atoms with Crippen molar-refractivity contribution in [2.75, 3.05) is 6.54 Å². The van der Waals surface area contributed by atoms with Crippen LogP contribution in [0.3, 0.4) is 0 Å². The summed E-state index contributed by atoms with van der Waals surface area (Å²) in [6.45, 7) is 0.694. The van der Waals surface area contributed by atoms with Crippen LogP contribution in [0, 0.1) is 0 Å². The predicted octanol–water partition coefficient (Wildman–Crippen LogP) is 4.87. The Hall–Kier alpha value is -3.09. The fraction of sp³-hybridized carbons (Fsp3) is 0.136. The van der Waals surface area contributed by atoms with Crippen molar-refractivity contribution in [1.82, 2.24) is 20.0 Å². The molecule has 0 fully saturated rings. The van der Waals surface area contributed by atoms with Crippen LogP contribution in [-0.2, 0) is 17.8 Å². The summed E-state index contributed by atoms with van der Waals surface area (Å²) in [5.74, 6) is 0.708. The number of carbonyl (C=O) groups is 1. The quantitative estimate of drug-likeness (QED) is 0.444. The first kappa shape index (κ1) is 20.2. The summed E-state index contributed by atoms with van der Waals surface area (Å²) >= 11 is 11.8. The maximum absolute atomic E-state index is 12.4. The molecule has 0 bridgehead atoms. The highest BCUT2D eigenvalue weighted by atomic mass is 35.5. The highest BCUT2D eigenvalue weighted by Crippen LogP contribution is 2.23. The Kier molecular flexibility index (Phi) is 6.16. The molecule has 0 unspecified atom stereocenters. The lowest BCUT2D eigenvalue weighted by Crippen LogP contribution is -2.29. The van der Waals surface area contributed by atoms with Gasteiger partial charge >= 0.3 is 0 Å². The van der Waals surface area contributed by atoms with Crippen molar-refractivity contribution < 1.29 is 9.32 Å². The Morgan fingerprint density at radius 1 is 1.00 bits per heavy atom. The van der Waals surface area contributed by atoms with Crippen LogP contribution in [-0.4, -0.2) is 27.2 Å². The van der Waals surface area contributed by atoms with Crippen LogP contribution in [0.25, 0.3) is 23.0 Å². The SMILES string of the molecule is O=C(Cn1cccc1-c1nc(-c2ccc(Cl)cc2)no1)NCCc1ccc(Cl)cc1. The van der Waals surface area contributed by atoms with E-state index >= 15 is 0 Å². The molecule has 1 N–H and O–H groups in total. The molecule has 2 aromatic carbocycles. The first-order chi connectivity index (χ1) is 14.6. The van der Waals surface area contributed by atoms with Gasteiger partial charge in [0.25, 0.3) is 5.89 Å². The number of carbonyl (C=O) groups excluding carboxylic acids is 1. The minimum Gasteiger partial charge on any atom is -0.354 e. The summed E-state index contributed by atoms with van der Waals surface area (Å²) in [5, 5.41) is 8.29. The minimum atomic E-state index is -0.0983. The molecule has 0 radical (unpaired) electrons. The standard InChI is InChI=1S/C22H18Cl2N4O2/c23-17-7-3-15(4-8-17)11-12-25-20(29)14-28-13-1-2-19(28)22-26-21(27-30-22)16-5-9-18(24)10-6-16/h1-10,13H,11-12,14H2,(H,25,29). The lowest BCUT2D eigenvalue weighted by Gasteiger charge is -2.08. The molecule has 4 rings (SSSR count). The number of nitrogens with one attached hydrogen (secondary N) is 1. The summed E-state index contributed by atoms with van der Waals surface area (Å²) in [5.41, 5.74) is 2.59. The number of hydrogen-bond donors (Lipinski definition) is 1. The second kappa shape index (κ2) is 9.15. The topological polar surface area (TPSA) is 73.0 Å². The van der Waals surface area contributed by atoms with E-state index in [1.54, 1.807) is 22.9 Å². The van der Waals surface area contributed by atoms with Gasteiger partial charge in [0.2, 0.25) is 11.7 Å². The van der Waals surface area contributed by atoms with Crippen molar-refractivity contribution in [3.05, 3.63) is 82.5 Å². The van der Waals surface area contributed by atoms with Crippen LogP contribution in [0.5, 0.6) is 0 Å². The van der Waals surface area contributed by atoms with Crippen LogP contribution in [0.2, 0.25) is 10.0 Å². The van der Waals surface area contributed by atoms with Gasteiger partial charge in [0.15, 0.2) is 0 Å². The summed E-state index contributed by atoms with van der Waals surface area (Å²) in [6, 6.07) is 18.4. The Balaban J connectivity index is 1.38. The van der Waals surface area contributed by atoms with Gasteiger partial charge in [-0.25, -0.2) is 0 Å². The third kappa shape index (κ3) is 4.90. The zero-order valence-electron chi connectivity index (χ0n) is 15.9. The van der Waals surface area contributed by atoms with Gasteiger partial charge in [0.05, 0.1) is 0 Å². The van der Waals surface area contributed by atoms with Crippen LogP contribution >= 0.6 is 23.2 Å². The molecular formula is C22H18Cl2N4O2. The smallest absolute Gasteiger partial charge is 0.274 e. The fourth-order valence-corrected chi connectivity index (χ4v) is 3.25. The van der Waals surface area contributed by atoms with Gasteiger partial charge in [-0.1, -0.05) is 40.5 Å². The van der Waals surface area contributed by atoms with Gasteiger partial charge in [-0.15, -0.1) is 0 Å². The normalized spacial score (nSPS) is 10.9. The van der Waals surface area contributed by atoms with Gasteiger partial charge in [-0.2, -0.15) is 4.98 Å². The molecule has 30 heavy (non-hydrogen) atoms. The van der Waals surface area contributed by atoms with Crippen molar-refractivity contribution in [2.45, 2.75) is 13.0 Å². The maximum atomic E-state index is 12.4. The van der Waals surface area contributed by atoms with Crippen molar-refractivity contribution in [2.24, 2.45) is 0 Å². The van der Waals surface area contributed by atoms with E-state index in [9.17, 15) is 4.79 Å². The van der Waals surface area contributed by atoms with E-state index < -0.39 is 0 Å². The maximum Gasteiger partial charge on any atom is 0.274 e. The molecule has 0 atom stereocenters. The zero-order valence-corrected chi connectivity index (χ0v) is 17.4. The summed E-state index contributed by atoms with van der Waals surface area (Å²) in [7, 11) is 0. The number of nitrogens with zero attached hydrogens (tertiary/aromatic N) is 3. The second-order valence-corrected chi connectivity index (χ2v) is 7.55. The average Bonchev–Trinajstić information content (AvgIpc) is 3.39. The molecule has 0 aliphatic carbocycles. The molecule has 1 amide bonds. The monoisotopic (exact) mass is 440 g/mol. The number of benzene rings is 2. The highest BCUT2D eigenvalue weighted by molar-refractivity contribution is 6.30. The number of halogens is 2. The van der Waals surface area contributed by atoms with E-state index in [4.69, 9.17) is 27.7 Å². The Morgan fingerprint density at radius 3 is 2.43 bits per heavy atom. The largest absolute Gasteiger partial charge is 0.354 e. The predicted molar refractivity (Wildman–Crippen MR) is 116 cm³/mol. The van der Waals surface area contributed by atoms with Gasteiger partial charge in [-0.05, 0) is 60.5 Å². The van der Waals surface area contributed by atoms with Crippen LogP contribution in [0.4, 0.5) is 0 Å². The van der Waals surface area contributed by atoms with Crippen LogP contribution in [0.15, 0.2) is 71.4 Å². The van der Waals surface area contributed by atoms with E-state index in [2.05, 4.69) is 15.5 Å². The third-order valence-corrected chi connectivity index (χ3v) is 5.04. The number of aromatic nitrogens is 3. The van der Waals surface area contributed by atoms with Crippen molar-refractivity contribution in [1.29, 1.82) is 0 Å². The molecule has 6 nitrogen and oxygen atoms in total. The molecule has 0 saturated carbocycles. The van der Waals surface area contributed by atoms with E-state index in [0.29, 0.717) is 34.0 Å². The summed E-state index contributed by atoms with van der Waals surface area (Å²) in [6.07, 6.45) is 2.54. The molecule has 152 valence electrons. The Labute approximate surface area is 183 Å². The van der Waals surface area contributed by atoms with Crippen molar-refractivity contribution in [3.63, 3.8) is 0 Å². The van der Waals surface area contributed by atoms with Crippen molar-refractivity contribution >= 4 is 29.1 Å². The molecule has 8 heteroatoms. The highest BCUT2D eigenvalue weighted by Gasteiger charge is 2.15. The fourth-order valence-electron chi connectivity index (χ4n) is 3.00. The zero-order chi connectivity index (χ0) is 20.9. The summed E-state index contributed by atoms with van der Waals surface area (Å²) < 4.78 is 7.18. The molecule has 2 aromatic heterocycles. The molecule has 0 aliphatic heterocycles.